The van der Waals surface area contributed by atoms with Crippen LogP contribution in [0.3, 0.4) is 0 Å². The molecule has 7 heteroatoms. The lowest BCUT2D eigenvalue weighted by atomic mass is 10.1. The van der Waals surface area contributed by atoms with Gasteiger partial charge in [0, 0.05) is 45.1 Å². The number of aromatic nitrogens is 1. The Labute approximate surface area is 145 Å². The molecule has 1 aromatic heterocycles. The van der Waals surface area contributed by atoms with Crippen LogP contribution in [-0.4, -0.2) is 69.2 Å². The van der Waals surface area contributed by atoms with Gasteiger partial charge in [-0.1, -0.05) is 12.1 Å². The van der Waals surface area contributed by atoms with Crippen LogP contribution in [0, 0.1) is 0 Å². The minimum atomic E-state index is -0.948. The molecular weight excluding hydrogens is 322 g/mol. The molecule has 132 valence electrons. The first-order valence-electron chi connectivity index (χ1n) is 8.17. The lowest BCUT2D eigenvalue weighted by Gasteiger charge is -2.21. The Morgan fingerprint density at radius 2 is 1.84 bits per heavy atom. The molecule has 1 fully saturated rings. The van der Waals surface area contributed by atoms with Crippen molar-refractivity contribution in [3.8, 4) is 0 Å². The van der Waals surface area contributed by atoms with E-state index in [-0.39, 0.29) is 11.5 Å². The molecule has 3 rings (SSSR count). The van der Waals surface area contributed by atoms with E-state index in [2.05, 4.69) is 9.88 Å². The number of H-pyrrole nitrogens is 1. The van der Waals surface area contributed by atoms with E-state index in [1.54, 1.807) is 47.6 Å². The molecule has 7 nitrogen and oxygen atoms in total. The molecule has 3 N–H and O–H groups in total. The average Bonchev–Trinajstić information content (AvgIpc) is 3.06. The number of aromatic carboxylic acids is 1. The van der Waals surface area contributed by atoms with Gasteiger partial charge < -0.3 is 20.1 Å². The van der Waals surface area contributed by atoms with Crippen molar-refractivity contribution >= 4 is 11.9 Å². The molecule has 0 aliphatic carbocycles. The van der Waals surface area contributed by atoms with Gasteiger partial charge in [0.05, 0.1) is 17.2 Å². The third-order valence-electron chi connectivity index (χ3n) is 4.33. The van der Waals surface area contributed by atoms with Gasteiger partial charge in [0.2, 0.25) is 0 Å². The fourth-order valence-electron chi connectivity index (χ4n) is 3.03. The molecule has 1 aromatic carbocycles. The number of benzene rings is 1. The SMILES string of the molecule is O=C(O)c1ccc(CN2CCN(C(=O)c3cc[nH]c3)C[C@@H](O)C2)cc1. The summed E-state index contributed by atoms with van der Waals surface area (Å²) >= 11 is 0. The Morgan fingerprint density at radius 1 is 1.08 bits per heavy atom. The van der Waals surface area contributed by atoms with Crippen molar-refractivity contribution in [2.75, 3.05) is 26.2 Å². The Hall–Kier alpha value is -2.64. The van der Waals surface area contributed by atoms with Gasteiger partial charge in [-0.15, -0.1) is 0 Å². The van der Waals surface area contributed by atoms with Gasteiger partial charge >= 0.3 is 5.97 Å². The van der Waals surface area contributed by atoms with Crippen LogP contribution >= 0.6 is 0 Å². The van der Waals surface area contributed by atoms with E-state index in [4.69, 9.17) is 5.11 Å². The summed E-state index contributed by atoms with van der Waals surface area (Å²) in [5, 5.41) is 19.2. The number of nitrogens with one attached hydrogen (secondary N) is 1. The zero-order chi connectivity index (χ0) is 17.8. The third kappa shape index (κ3) is 4.26. The molecule has 25 heavy (non-hydrogen) atoms. The predicted molar refractivity (Wildman–Crippen MR) is 91.4 cm³/mol. The first-order valence-corrected chi connectivity index (χ1v) is 8.17. The number of amides is 1. The Kier molecular flexibility index (Phi) is 5.16. The third-order valence-corrected chi connectivity index (χ3v) is 4.33. The normalized spacial score (nSPS) is 18.8. The summed E-state index contributed by atoms with van der Waals surface area (Å²) < 4.78 is 0. The first kappa shape index (κ1) is 17.2. The number of hydrogen-bond donors (Lipinski definition) is 3. The van der Waals surface area contributed by atoms with Gasteiger partial charge in [0.15, 0.2) is 0 Å². The lowest BCUT2D eigenvalue weighted by Crippen LogP contribution is -2.37. The quantitative estimate of drug-likeness (QED) is 0.770. The molecule has 2 aromatic rings. The number of nitrogens with zero attached hydrogens (tertiary/aromatic N) is 2. The van der Waals surface area contributed by atoms with Gasteiger partial charge in [-0.2, -0.15) is 0 Å². The van der Waals surface area contributed by atoms with Crippen LogP contribution in [0.1, 0.15) is 26.3 Å². The van der Waals surface area contributed by atoms with Crippen molar-refractivity contribution in [3.63, 3.8) is 0 Å². The summed E-state index contributed by atoms with van der Waals surface area (Å²) in [4.78, 5) is 30.0. The highest BCUT2D eigenvalue weighted by atomic mass is 16.4. The van der Waals surface area contributed by atoms with Crippen LogP contribution in [0.4, 0.5) is 0 Å². The minimum absolute atomic E-state index is 0.0899. The van der Waals surface area contributed by atoms with Crippen molar-refractivity contribution in [2.45, 2.75) is 12.6 Å². The average molecular weight is 343 g/mol. The topological polar surface area (TPSA) is 96.9 Å². The Balaban J connectivity index is 1.63. The maximum atomic E-state index is 12.4. The monoisotopic (exact) mass is 343 g/mol. The van der Waals surface area contributed by atoms with Crippen LogP contribution in [0.5, 0.6) is 0 Å². The molecule has 0 bridgehead atoms. The van der Waals surface area contributed by atoms with Gasteiger partial charge in [0.25, 0.3) is 5.91 Å². The number of aliphatic hydroxyl groups is 1. The molecule has 1 saturated heterocycles. The molecule has 1 aliphatic rings. The summed E-state index contributed by atoms with van der Waals surface area (Å²) in [5.74, 6) is -1.04. The number of aliphatic hydroxyl groups excluding tert-OH is 1. The fraction of sp³-hybridized carbons (Fsp3) is 0.333. The van der Waals surface area contributed by atoms with Crippen molar-refractivity contribution in [3.05, 3.63) is 59.4 Å². The highest BCUT2D eigenvalue weighted by molar-refractivity contribution is 5.94. The van der Waals surface area contributed by atoms with Crippen molar-refractivity contribution in [2.24, 2.45) is 0 Å². The number of hydrogen-bond acceptors (Lipinski definition) is 4. The summed E-state index contributed by atoms with van der Waals surface area (Å²) in [5.41, 5.74) is 1.82. The number of rotatable bonds is 4. The van der Waals surface area contributed by atoms with Crippen LogP contribution in [0.15, 0.2) is 42.7 Å². The van der Waals surface area contributed by atoms with Gasteiger partial charge in [-0.05, 0) is 23.8 Å². The molecule has 0 radical (unpaired) electrons. The van der Waals surface area contributed by atoms with Crippen molar-refractivity contribution in [1.82, 2.24) is 14.8 Å². The summed E-state index contributed by atoms with van der Waals surface area (Å²) in [6.45, 7) is 2.56. The second kappa shape index (κ2) is 7.50. The number of β-amino-alcohol motifs (C(OH)–C–C–N with tert-alkyl or cyclic N) is 1. The maximum absolute atomic E-state index is 12.4. The van der Waals surface area contributed by atoms with Gasteiger partial charge in [0.1, 0.15) is 0 Å². The number of carbonyl (C=O) groups is 2. The first-order chi connectivity index (χ1) is 12.0. The molecule has 1 amide bonds. The molecule has 0 unspecified atom stereocenters. The second-order valence-electron chi connectivity index (χ2n) is 6.24. The molecule has 0 saturated carbocycles. The predicted octanol–water partition coefficient (Wildman–Crippen LogP) is 1.03. The van der Waals surface area contributed by atoms with E-state index in [9.17, 15) is 14.7 Å². The lowest BCUT2D eigenvalue weighted by molar-refractivity contribution is 0.0662. The fourth-order valence-corrected chi connectivity index (χ4v) is 3.03. The summed E-state index contributed by atoms with van der Waals surface area (Å²) in [6.07, 6.45) is 2.74. The smallest absolute Gasteiger partial charge is 0.335 e. The van der Waals surface area contributed by atoms with Crippen LogP contribution in [0.2, 0.25) is 0 Å². The number of carboxylic acids is 1. The molecule has 1 atom stereocenters. The highest BCUT2D eigenvalue weighted by Crippen LogP contribution is 2.13. The largest absolute Gasteiger partial charge is 0.478 e. The molecule has 1 aliphatic heterocycles. The standard InChI is InChI=1S/C18H21N3O4/c22-16-11-20(10-13-1-3-14(4-2-13)18(24)25)7-8-21(12-16)17(23)15-5-6-19-9-15/h1-6,9,16,19,22H,7-8,10-12H2,(H,24,25)/t16-/m0/s1. The minimum Gasteiger partial charge on any atom is -0.478 e. The zero-order valence-electron chi connectivity index (χ0n) is 13.8. The highest BCUT2D eigenvalue weighted by Gasteiger charge is 2.25. The van der Waals surface area contributed by atoms with Crippen LogP contribution < -0.4 is 0 Å². The van der Waals surface area contributed by atoms with E-state index in [1.807, 2.05) is 0 Å². The van der Waals surface area contributed by atoms with Crippen LogP contribution in [0.25, 0.3) is 0 Å². The van der Waals surface area contributed by atoms with Crippen molar-refractivity contribution in [1.29, 1.82) is 0 Å². The zero-order valence-corrected chi connectivity index (χ0v) is 13.8. The molecular formula is C18H21N3O4. The number of carboxylic acid groups (broad SMARTS) is 1. The van der Waals surface area contributed by atoms with E-state index < -0.39 is 12.1 Å². The Bertz CT molecular complexity index is 727. The van der Waals surface area contributed by atoms with E-state index in [0.29, 0.717) is 38.3 Å². The Morgan fingerprint density at radius 3 is 2.48 bits per heavy atom. The van der Waals surface area contributed by atoms with E-state index in [0.717, 1.165) is 5.56 Å². The number of carbonyl (C=O) groups excluding carboxylic acids is 1. The van der Waals surface area contributed by atoms with E-state index in [1.165, 1.54) is 0 Å². The maximum Gasteiger partial charge on any atom is 0.335 e. The van der Waals surface area contributed by atoms with Gasteiger partial charge in [-0.3, -0.25) is 9.69 Å². The van der Waals surface area contributed by atoms with Crippen LogP contribution in [-0.2, 0) is 6.54 Å². The van der Waals surface area contributed by atoms with Crippen molar-refractivity contribution < 1.29 is 19.8 Å². The van der Waals surface area contributed by atoms with E-state index >= 15 is 0 Å². The number of aromatic amines is 1. The molecule has 2 heterocycles. The molecule has 0 spiro atoms. The second-order valence-corrected chi connectivity index (χ2v) is 6.24. The summed E-state index contributed by atoms with van der Waals surface area (Å²) in [7, 11) is 0. The van der Waals surface area contributed by atoms with Gasteiger partial charge in [-0.25, -0.2) is 4.79 Å². The summed E-state index contributed by atoms with van der Waals surface area (Å²) in [6, 6.07) is 8.44.